The van der Waals surface area contributed by atoms with Crippen molar-refractivity contribution in [2.24, 2.45) is 0 Å². The second-order valence-corrected chi connectivity index (χ2v) is 6.68. The average molecular weight is 337 g/mol. The van der Waals surface area contributed by atoms with E-state index < -0.39 is 0 Å². The summed E-state index contributed by atoms with van der Waals surface area (Å²) in [7, 11) is 0. The molecule has 0 aliphatic carbocycles. The fourth-order valence-corrected chi connectivity index (χ4v) is 3.23. The molecule has 1 aromatic carbocycles. The van der Waals surface area contributed by atoms with Gasteiger partial charge >= 0.3 is 0 Å². The van der Waals surface area contributed by atoms with Gasteiger partial charge < -0.3 is 10.2 Å². The molecule has 1 amide bonds. The maximum atomic E-state index is 12.2. The zero-order valence-electron chi connectivity index (χ0n) is 14.8. The van der Waals surface area contributed by atoms with E-state index in [1.54, 1.807) is 6.20 Å². The standard InChI is InChI=1S/C21H27N3O/c25-21(22-13-6-9-18-7-2-1-3-8-18)19-10-11-20(23-17-19)12-16-24-14-4-5-15-24/h1-3,7-8,10-11,17H,4-6,9,12-16H2,(H,22,25). The Labute approximate surface area is 150 Å². The van der Waals surface area contributed by atoms with Gasteiger partial charge in [0.1, 0.15) is 0 Å². The number of hydrogen-bond acceptors (Lipinski definition) is 3. The summed E-state index contributed by atoms with van der Waals surface area (Å²) in [4.78, 5) is 19.1. The van der Waals surface area contributed by atoms with Gasteiger partial charge in [-0.05, 0) is 56.5 Å². The summed E-state index contributed by atoms with van der Waals surface area (Å²) in [6, 6.07) is 14.2. The molecule has 0 saturated carbocycles. The molecule has 0 bridgehead atoms. The monoisotopic (exact) mass is 337 g/mol. The molecule has 1 aliphatic heterocycles. The van der Waals surface area contributed by atoms with Crippen molar-refractivity contribution in [3.05, 3.63) is 65.5 Å². The Bertz CT molecular complexity index is 649. The highest BCUT2D eigenvalue weighted by Gasteiger charge is 2.11. The van der Waals surface area contributed by atoms with Crippen LogP contribution in [0.15, 0.2) is 48.7 Å². The van der Waals surface area contributed by atoms with E-state index in [1.165, 1.54) is 31.5 Å². The summed E-state index contributed by atoms with van der Waals surface area (Å²) in [6.07, 6.45) is 7.21. The Balaban J connectivity index is 1.38. The number of carbonyl (C=O) groups excluding carboxylic acids is 1. The normalized spacial score (nSPS) is 14.6. The van der Waals surface area contributed by atoms with Gasteiger partial charge in [-0.25, -0.2) is 0 Å². The minimum atomic E-state index is -0.0355. The molecule has 0 unspecified atom stereocenters. The van der Waals surface area contributed by atoms with Gasteiger partial charge in [0.25, 0.3) is 5.91 Å². The Morgan fingerprint density at radius 3 is 2.56 bits per heavy atom. The number of hydrogen-bond donors (Lipinski definition) is 1. The number of aromatic nitrogens is 1. The molecule has 1 saturated heterocycles. The minimum absolute atomic E-state index is 0.0355. The highest BCUT2D eigenvalue weighted by molar-refractivity contribution is 5.93. The number of nitrogens with one attached hydrogen (secondary N) is 1. The molecule has 1 aliphatic rings. The van der Waals surface area contributed by atoms with Gasteiger partial charge in [-0.3, -0.25) is 9.78 Å². The number of amides is 1. The van der Waals surface area contributed by atoms with Crippen LogP contribution in [0.5, 0.6) is 0 Å². The Hall–Kier alpha value is -2.20. The summed E-state index contributed by atoms with van der Waals surface area (Å²) in [5, 5.41) is 2.98. The zero-order chi connectivity index (χ0) is 17.3. The van der Waals surface area contributed by atoms with Gasteiger partial charge in [0.15, 0.2) is 0 Å². The lowest BCUT2D eigenvalue weighted by Gasteiger charge is -2.13. The second-order valence-electron chi connectivity index (χ2n) is 6.68. The summed E-state index contributed by atoms with van der Waals surface area (Å²) in [5.41, 5.74) is 3.01. The molecule has 1 fully saturated rings. The molecule has 1 N–H and O–H groups in total. The maximum Gasteiger partial charge on any atom is 0.252 e. The van der Waals surface area contributed by atoms with E-state index in [2.05, 4.69) is 27.3 Å². The molecule has 2 aromatic rings. The maximum absolute atomic E-state index is 12.2. The third-order valence-corrected chi connectivity index (χ3v) is 4.74. The molecule has 0 atom stereocenters. The van der Waals surface area contributed by atoms with Crippen LogP contribution in [-0.2, 0) is 12.8 Å². The van der Waals surface area contributed by atoms with Crippen LogP contribution in [0.2, 0.25) is 0 Å². The van der Waals surface area contributed by atoms with Gasteiger partial charge in [-0.2, -0.15) is 0 Å². The van der Waals surface area contributed by atoms with Crippen LogP contribution in [0.25, 0.3) is 0 Å². The molecule has 25 heavy (non-hydrogen) atoms. The molecule has 0 spiro atoms. The summed E-state index contributed by atoms with van der Waals surface area (Å²) in [6.45, 7) is 4.18. The third kappa shape index (κ3) is 5.68. The van der Waals surface area contributed by atoms with Gasteiger partial charge in [-0.1, -0.05) is 30.3 Å². The van der Waals surface area contributed by atoms with Crippen LogP contribution in [-0.4, -0.2) is 42.0 Å². The van der Waals surface area contributed by atoms with Crippen molar-refractivity contribution in [1.29, 1.82) is 0 Å². The highest BCUT2D eigenvalue weighted by atomic mass is 16.1. The lowest BCUT2D eigenvalue weighted by Crippen LogP contribution is -2.25. The zero-order valence-corrected chi connectivity index (χ0v) is 14.8. The third-order valence-electron chi connectivity index (χ3n) is 4.74. The van der Waals surface area contributed by atoms with Crippen LogP contribution in [0.4, 0.5) is 0 Å². The van der Waals surface area contributed by atoms with Crippen molar-refractivity contribution in [1.82, 2.24) is 15.2 Å². The number of benzene rings is 1. The molecule has 2 heterocycles. The van der Waals surface area contributed by atoms with Gasteiger partial charge in [-0.15, -0.1) is 0 Å². The molecular formula is C21H27N3O. The first-order valence-corrected chi connectivity index (χ1v) is 9.31. The molecule has 1 aromatic heterocycles. The van der Waals surface area contributed by atoms with Gasteiger partial charge in [0.05, 0.1) is 5.56 Å². The quantitative estimate of drug-likeness (QED) is 0.753. The molecule has 3 rings (SSSR count). The molecule has 4 nitrogen and oxygen atoms in total. The highest BCUT2D eigenvalue weighted by Crippen LogP contribution is 2.09. The van der Waals surface area contributed by atoms with Gasteiger partial charge in [0.2, 0.25) is 0 Å². The van der Waals surface area contributed by atoms with Crippen molar-refractivity contribution in [2.75, 3.05) is 26.2 Å². The first-order valence-electron chi connectivity index (χ1n) is 9.31. The molecule has 0 radical (unpaired) electrons. The number of aryl methyl sites for hydroxylation is 1. The summed E-state index contributed by atoms with van der Waals surface area (Å²) < 4.78 is 0. The van der Waals surface area contributed by atoms with Crippen molar-refractivity contribution in [3.8, 4) is 0 Å². The Morgan fingerprint density at radius 2 is 1.84 bits per heavy atom. The molecule has 4 heteroatoms. The topological polar surface area (TPSA) is 45.2 Å². The SMILES string of the molecule is O=C(NCCCc1ccccc1)c1ccc(CCN2CCCC2)nc1. The number of pyridine rings is 1. The van der Waals surface area contributed by atoms with Crippen molar-refractivity contribution in [2.45, 2.75) is 32.1 Å². The van der Waals surface area contributed by atoms with E-state index in [4.69, 9.17) is 0 Å². The smallest absolute Gasteiger partial charge is 0.252 e. The van der Waals surface area contributed by atoms with Crippen molar-refractivity contribution >= 4 is 5.91 Å². The first-order chi connectivity index (χ1) is 12.3. The van der Waals surface area contributed by atoms with Crippen LogP contribution >= 0.6 is 0 Å². The fraction of sp³-hybridized carbons (Fsp3) is 0.429. The number of rotatable bonds is 8. The summed E-state index contributed by atoms with van der Waals surface area (Å²) >= 11 is 0. The van der Waals surface area contributed by atoms with Crippen LogP contribution < -0.4 is 5.32 Å². The predicted molar refractivity (Wildman–Crippen MR) is 101 cm³/mol. The summed E-state index contributed by atoms with van der Waals surface area (Å²) in [5.74, 6) is -0.0355. The van der Waals surface area contributed by atoms with Crippen LogP contribution in [0, 0.1) is 0 Å². The largest absolute Gasteiger partial charge is 0.352 e. The van der Waals surface area contributed by atoms with Crippen LogP contribution in [0.3, 0.4) is 0 Å². The van der Waals surface area contributed by atoms with Crippen molar-refractivity contribution in [3.63, 3.8) is 0 Å². The van der Waals surface area contributed by atoms with E-state index >= 15 is 0 Å². The minimum Gasteiger partial charge on any atom is -0.352 e. The van der Waals surface area contributed by atoms with E-state index in [0.717, 1.165) is 31.5 Å². The van der Waals surface area contributed by atoms with E-state index in [0.29, 0.717) is 12.1 Å². The fourth-order valence-electron chi connectivity index (χ4n) is 3.23. The lowest BCUT2D eigenvalue weighted by atomic mass is 10.1. The van der Waals surface area contributed by atoms with Crippen LogP contribution in [0.1, 0.15) is 40.9 Å². The Kier molecular flexibility index (Phi) is 6.57. The lowest BCUT2D eigenvalue weighted by molar-refractivity contribution is 0.0953. The van der Waals surface area contributed by atoms with E-state index in [9.17, 15) is 4.79 Å². The van der Waals surface area contributed by atoms with Crippen molar-refractivity contribution < 1.29 is 4.79 Å². The number of carbonyl (C=O) groups is 1. The number of nitrogens with zero attached hydrogens (tertiary/aromatic N) is 2. The molecular weight excluding hydrogens is 310 g/mol. The van der Waals surface area contributed by atoms with E-state index in [1.807, 2.05) is 30.3 Å². The first kappa shape index (κ1) is 17.6. The Morgan fingerprint density at radius 1 is 1.04 bits per heavy atom. The van der Waals surface area contributed by atoms with E-state index in [-0.39, 0.29) is 5.91 Å². The predicted octanol–water partition coefficient (Wildman–Crippen LogP) is 3.08. The average Bonchev–Trinajstić information content (AvgIpc) is 3.18. The molecule has 132 valence electrons. The second kappa shape index (κ2) is 9.33. The number of likely N-dealkylation sites (tertiary alicyclic amines) is 1. The van der Waals surface area contributed by atoms with Gasteiger partial charge in [0, 0.05) is 31.4 Å².